The molecule has 3 atom stereocenters. The van der Waals surface area contributed by atoms with Crippen molar-refractivity contribution in [1.29, 1.82) is 0 Å². The van der Waals surface area contributed by atoms with E-state index < -0.39 is 0 Å². The molecule has 0 amide bonds. The molecule has 1 unspecified atom stereocenters. The topological polar surface area (TPSA) is 12.0 Å². The molecule has 1 aliphatic rings. The lowest BCUT2D eigenvalue weighted by molar-refractivity contribution is 0.841. The summed E-state index contributed by atoms with van der Waals surface area (Å²) in [5.41, 5.74) is 1.31. The third-order valence-electron chi connectivity index (χ3n) is 2.76. The van der Waals surface area contributed by atoms with Crippen molar-refractivity contribution in [2.75, 3.05) is 0 Å². The second-order valence-electron chi connectivity index (χ2n) is 3.57. The second kappa shape index (κ2) is 3.49. The van der Waals surface area contributed by atoms with E-state index in [-0.39, 0.29) is 0 Å². The van der Waals surface area contributed by atoms with Gasteiger partial charge in [-0.2, -0.15) is 0 Å². The summed E-state index contributed by atoms with van der Waals surface area (Å²) in [6.45, 7) is 2.19. The lowest BCUT2D eigenvalue weighted by Crippen LogP contribution is -2.04. The van der Waals surface area contributed by atoms with Gasteiger partial charge in [0.05, 0.1) is 0 Å². The lowest BCUT2D eigenvalue weighted by Gasteiger charge is -1.98. The van der Waals surface area contributed by atoms with Crippen LogP contribution in [0.1, 0.15) is 18.4 Å². The second-order valence-corrected chi connectivity index (χ2v) is 4.23. The molecule has 1 aromatic rings. The molecule has 13 heavy (non-hydrogen) atoms. The van der Waals surface area contributed by atoms with E-state index in [0.29, 0.717) is 17.9 Å². The Bertz CT molecular complexity index is 296. The van der Waals surface area contributed by atoms with Gasteiger partial charge < -0.3 is 0 Å². The summed E-state index contributed by atoms with van der Waals surface area (Å²) in [5, 5.41) is 0.785. The third-order valence-corrected chi connectivity index (χ3v) is 3.26. The molecule has 0 saturated heterocycles. The molecule has 1 N–H and O–H groups in total. The summed E-state index contributed by atoms with van der Waals surface area (Å²) in [7, 11) is 0. The van der Waals surface area contributed by atoms with Crippen LogP contribution in [0.15, 0.2) is 24.3 Å². The highest BCUT2D eigenvalue weighted by molar-refractivity contribution is 6.30. The van der Waals surface area contributed by atoms with Gasteiger partial charge in [-0.3, -0.25) is 0 Å². The van der Waals surface area contributed by atoms with E-state index in [9.17, 15) is 0 Å². The van der Waals surface area contributed by atoms with E-state index in [2.05, 4.69) is 23.9 Å². The zero-order valence-corrected chi connectivity index (χ0v) is 8.81. The quantitative estimate of drug-likeness (QED) is 0.748. The molecule has 0 bridgehead atoms. The molecule has 0 spiro atoms. The molecule has 0 radical (unpaired) electrons. The van der Waals surface area contributed by atoms with Crippen molar-refractivity contribution >= 4 is 23.4 Å². The van der Waals surface area contributed by atoms with E-state index in [0.717, 1.165) is 5.02 Å². The molecule has 2 rings (SSSR count). The Kier molecular flexibility index (Phi) is 2.50. The molecule has 1 saturated carbocycles. The fourth-order valence-electron chi connectivity index (χ4n) is 1.83. The van der Waals surface area contributed by atoms with Gasteiger partial charge in [0, 0.05) is 17.0 Å². The Labute approximate surface area is 88.2 Å². The van der Waals surface area contributed by atoms with Crippen LogP contribution >= 0.6 is 23.4 Å². The van der Waals surface area contributed by atoms with Gasteiger partial charge in [0.25, 0.3) is 0 Å². The number of hydrogen-bond donors (Lipinski definition) is 1. The predicted octanol–water partition coefficient (Wildman–Crippen LogP) is 3.19. The van der Waals surface area contributed by atoms with Gasteiger partial charge in [-0.15, -0.1) is 0 Å². The van der Waals surface area contributed by atoms with Crippen molar-refractivity contribution in [3.8, 4) is 0 Å². The van der Waals surface area contributed by atoms with Crippen LogP contribution in [0.4, 0.5) is 0 Å². The van der Waals surface area contributed by atoms with Crippen LogP contribution in [0.25, 0.3) is 0 Å². The predicted molar refractivity (Wildman–Crippen MR) is 56.1 cm³/mol. The van der Waals surface area contributed by atoms with Crippen molar-refractivity contribution in [2.45, 2.75) is 18.9 Å². The third kappa shape index (κ3) is 1.69. The Morgan fingerprint density at radius 2 is 1.85 bits per heavy atom. The number of rotatable bonds is 2. The molecule has 1 aromatic carbocycles. The van der Waals surface area contributed by atoms with Gasteiger partial charge >= 0.3 is 0 Å². The monoisotopic (exact) mass is 215 g/mol. The lowest BCUT2D eigenvalue weighted by atomic mass is 10.1. The van der Waals surface area contributed by atoms with Crippen LogP contribution < -0.4 is 4.84 Å². The van der Waals surface area contributed by atoms with E-state index in [1.165, 1.54) is 5.56 Å². The van der Waals surface area contributed by atoms with E-state index in [1.807, 2.05) is 12.1 Å². The number of halogens is 2. The summed E-state index contributed by atoms with van der Waals surface area (Å²) in [4.78, 5) is 2.79. The van der Waals surface area contributed by atoms with Crippen LogP contribution in [0.2, 0.25) is 5.02 Å². The first-order valence-corrected chi connectivity index (χ1v) is 5.11. The van der Waals surface area contributed by atoms with Gasteiger partial charge in [0.2, 0.25) is 0 Å². The fraction of sp³-hybridized carbons (Fsp3) is 0.400. The minimum Gasteiger partial charge on any atom is -0.230 e. The Morgan fingerprint density at radius 3 is 2.31 bits per heavy atom. The molecule has 0 heterocycles. The first-order valence-electron chi connectivity index (χ1n) is 4.35. The van der Waals surface area contributed by atoms with E-state index >= 15 is 0 Å². The molecular formula is C10H11Cl2N. The van der Waals surface area contributed by atoms with Gasteiger partial charge in [0.15, 0.2) is 0 Å². The molecule has 1 fully saturated rings. The van der Waals surface area contributed by atoms with Gasteiger partial charge in [-0.25, -0.2) is 4.84 Å². The first kappa shape index (κ1) is 9.32. The highest BCUT2D eigenvalue weighted by atomic mass is 35.5. The average molecular weight is 216 g/mol. The maximum atomic E-state index is 5.80. The standard InChI is InChI=1S/C10H11Cl2N/c1-6-9(10(6)13-12)7-2-4-8(11)5-3-7/h2-6,9-10,13H,1H3/t6-,9?,10+/m0/s1. The highest BCUT2D eigenvalue weighted by Gasteiger charge is 2.47. The van der Waals surface area contributed by atoms with Crippen LogP contribution in [0.3, 0.4) is 0 Å². The maximum absolute atomic E-state index is 5.80. The van der Waals surface area contributed by atoms with Crippen LogP contribution in [-0.2, 0) is 0 Å². The number of benzene rings is 1. The summed E-state index contributed by atoms with van der Waals surface area (Å²) in [6, 6.07) is 8.40. The zero-order chi connectivity index (χ0) is 9.42. The summed E-state index contributed by atoms with van der Waals surface area (Å²) in [5.74, 6) is 1.17. The van der Waals surface area contributed by atoms with E-state index in [4.69, 9.17) is 23.4 Å². The Hall–Kier alpha value is -0.240. The minimum atomic E-state index is 0.419. The summed E-state index contributed by atoms with van der Waals surface area (Å²) in [6.07, 6.45) is 0. The zero-order valence-electron chi connectivity index (χ0n) is 7.30. The van der Waals surface area contributed by atoms with Crippen molar-refractivity contribution in [3.05, 3.63) is 34.9 Å². The molecule has 0 aliphatic heterocycles. The first-order chi connectivity index (χ1) is 6.24. The van der Waals surface area contributed by atoms with Crippen molar-refractivity contribution in [2.24, 2.45) is 5.92 Å². The molecule has 1 aliphatic carbocycles. The van der Waals surface area contributed by atoms with Gasteiger partial charge in [-0.1, -0.05) is 30.7 Å². The van der Waals surface area contributed by atoms with Crippen molar-refractivity contribution < 1.29 is 0 Å². The minimum absolute atomic E-state index is 0.419. The largest absolute Gasteiger partial charge is 0.230 e. The number of nitrogens with one attached hydrogen (secondary N) is 1. The van der Waals surface area contributed by atoms with Crippen molar-refractivity contribution in [3.63, 3.8) is 0 Å². The normalized spacial score (nSPS) is 31.8. The van der Waals surface area contributed by atoms with Crippen molar-refractivity contribution in [1.82, 2.24) is 4.84 Å². The molecule has 1 nitrogen and oxygen atoms in total. The molecule has 70 valence electrons. The summed E-state index contributed by atoms with van der Waals surface area (Å²) < 4.78 is 0. The van der Waals surface area contributed by atoms with Gasteiger partial charge in [0.1, 0.15) is 0 Å². The molecule has 0 aromatic heterocycles. The highest BCUT2D eigenvalue weighted by Crippen LogP contribution is 2.47. The van der Waals surface area contributed by atoms with Crippen LogP contribution in [-0.4, -0.2) is 6.04 Å². The van der Waals surface area contributed by atoms with Crippen LogP contribution in [0, 0.1) is 5.92 Å². The molecule has 3 heteroatoms. The fourth-order valence-corrected chi connectivity index (χ4v) is 2.29. The average Bonchev–Trinajstić information content (AvgIpc) is 2.78. The SMILES string of the molecule is C[C@H]1C(c2ccc(Cl)cc2)[C@@H]1NCl. The summed E-state index contributed by atoms with van der Waals surface area (Å²) >= 11 is 11.4. The van der Waals surface area contributed by atoms with E-state index in [1.54, 1.807) is 0 Å². The Morgan fingerprint density at radius 1 is 1.23 bits per heavy atom. The number of hydrogen-bond acceptors (Lipinski definition) is 1. The van der Waals surface area contributed by atoms with Gasteiger partial charge in [-0.05, 0) is 35.4 Å². The Balaban J connectivity index is 2.15. The maximum Gasteiger partial charge on any atom is 0.0406 e. The molecular weight excluding hydrogens is 205 g/mol. The smallest absolute Gasteiger partial charge is 0.0406 e. The van der Waals surface area contributed by atoms with Crippen LogP contribution in [0.5, 0.6) is 0 Å².